The molecule has 0 spiro atoms. The van der Waals surface area contributed by atoms with Crippen LogP contribution in [0.25, 0.3) is 0 Å². The first-order chi connectivity index (χ1) is 16.1. The molecule has 5 rings (SSSR count). The van der Waals surface area contributed by atoms with E-state index >= 15 is 0 Å². The van der Waals surface area contributed by atoms with E-state index in [0.717, 1.165) is 16.8 Å². The zero-order valence-corrected chi connectivity index (χ0v) is 21.2. The van der Waals surface area contributed by atoms with E-state index in [9.17, 15) is 10.5 Å². The molecule has 2 aliphatic heterocycles. The minimum atomic E-state index is -1.40. The van der Waals surface area contributed by atoms with Crippen LogP contribution in [0.3, 0.4) is 0 Å². The normalized spacial score (nSPS) is 32.3. The fourth-order valence-electron chi connectivity index (χ4n) is 7.35. The first-order valence-electron chi connectivity index (χ1n) is 12.1. The van der Waals surface area contributed by atoms with Crippen LogP contribution in [0.15, 0.2) is 53.6 Å². The maximum absolute atomic E-state index is 10.6. The van der Waals surface area contributed by atoms with Gasteiger partial charge >= 0.3 is 0 Å². The highest BCUT2D eigenvalue weighted by atomic mass is 15.6. The number of hydrazone groups is 1. The highest BCUT2D eigenvalue weighted by Crippen LogP contribution is 2.75. The number of nitriles is 2. The zero-order valence-electron chi connectivity index (χ0n) is 21.2. The predicted molar refractivity (Wildman–Crippen MR) is 134 cm³/mol. The Bertz CT molecular complexity index is 1230. The summed E-state index contributed by atoms with van der Waals surface area (Å²) in [6.45, 7) is 11.0. The van der Waals surface area contributed by atoms with Gasteiger partial charge in [0.25, 0.3) is 0 Å². The molecule has 2 aromatic carbocycles. The van der Waals surface area contributed by atoms with Crippen molar-refractivity contribution >= 4 is 5.71 Å². The maximum Gasteiger partial charge on any atom is 0.246 e. The van der Waals surface area contributed by atoms with E-state index in [2.05, 4.69) is 100 Å². The molecule has 0 amide bonds. The van der Waals surface area contributed by atoms with Crippen LogP contribution in [-0.2, 0) is 5.54 Å². The van der Waals surface area contributed by atoms with E-state index in [1.165, 1.54) is 11.1 Å². The van der Waals surface area contributed by atoms with Gasteiger partial charge in [0.1, 0.15) is 12.1 Å². The van der Waals surface area contributed by atoms with Gasteiger partial charge in [0.2, 0.25) is 5.54 Å². The smallest absolute Gasteiger partial charge is 0.246 e. The topological polar surface area (TPSA) is 66.4 Å². The Morgan fingerprint density at radius 3 is 1.94 bits per heavy atom. The van der Waals surface area contributed by atoms with Crippen molar-refractivity contribution in [3.8, 4) is 12.1 Å². The lowest BCUT2D eigenvalue weighted by atomic mass is 9.71. The highest BCUT2D eigenvalue weighted by Gasteiger charge is 2.81. The molecule has 34 heavy (non-hydrogen) atoms. The van der Waals surface area contributed by atoms with Crippen molar-refractivity contribution < 1.29 is 0 Å². The number of fused-ring (bicyclic) bond motifs is 3. The number of aryl methyl sites for hydroxylation is 2. The second-order valence-corrected chi connectivity index (χ2v) is 11.3. The van der Waals surface area contributed by atoms with Gasteiger partial charge in [-0.3, -0.25) is 5.01 Å². The van der Waals surface area contributed by atoms with Crippen LogP contribution in [0.5, 0.6) is 0 Å². The highest BCUT2D eigenvalue weighted by molar-refractivity contribution is 6.05. The summed E-state index contributed by atoms with van der Waals surface area (Å²) in [5.74, 6) is 0.505. The third-order valence-electron chi connectivity index (χ3n) is 8.84. The second-order valence-electron chi connectivity index (χ2n) is 11.3. The van der Waals surface area contributed by atoms with Gasteiger partial charge in [0, 0.05) is 17.8 Å². The lowest BCUT2D eigenvalue weighted by Crippen LogP contribution is -2.56. The number of hydrogen-bond acceptors (Lipinski definition) is 5. The van der Waals surface area contributed by atoms with Crippen molar-refractivity contribution in [3.63, 3.8) is 0 Å². The Balaban J connectivity index is 1.85. The van der Waals surface area contributed by atoms with Crippen LogP contribution in [0.4, 0.5) is 0 Å². The Morgan fingerprint density at radius 1 is 0.912 bits per heavy atom. The van der Waals surface area contributed by atoms with Gasteiger partial charge in [-0.25, -0.2) is 0 Å². The monoisotopic (exact) mass is 451 g/mol. The van der Waals surface area contributed by atoms with E-state index < -0.39 is 11.1 Å². The van der Waals surface area contributed by atoms with Crippen molar-refractivity contribution in [3.05, 3.63) is 70.8 Å². The molecule has 0 radical (unpaired) electrons. The lowest BCUT2D eigenvalue weighted by Gasteiger charge is -2.46. The van der Waals surface area contributed by atoms with E-state index in [-0.39, 0.29) is 29.2 Å². The standard InChI is InChI=1S/C29H33N5/c1-18-8-12-21(13-9-18)24-23-25(27(23,4)5)29(22-14-10-19(2)11-15-22)20(3)26(33(6)7)28(16-30,17-31)34(29)32-24/h8-15,20,23,25-26H,1-7H3/t20-,23-,25+,26+,29-/m1/s1. The summed E-state index contributed by atoms with van der Waals surface area (Å²) in [4.78, 5) is 2.05. The van der Waals surface area contributed by atoms with E-state index in [1.54, 1.807) is 0 Å². The molecule has 1 saturated carbocycles. The van der Waals surface area contributed by atoms with Crippen LogP contribution >= 0.6 is 0 Å². The molecule has 5 atom stereocenters. The minimum absolute atomic E-state index is 0.0158. The second kappa shape index (κ2) is 7.17. The van der Waals surface area contributed by atoms with Crippen LogP contribution in [-0.4, -0.2) is 41.3 Å². The molecule has 0 bridgehead atoms. The first kappa shape index (κ1) is 22.6. The molecule has 2 aromatic rings. The van der Waals surface area contributed by atoms with Crippen LogP contribution in [0, 0.1) is 59.7 Å². The van der Waals surface area contributed by atoms with E-state index in [4.69, 9.17) is 5.10 Å². The molecule has 1 saturated heterocycles. The molecule has 0 aromatic heterocycles. The SMILES string of the molecule is Cc1ccc(C2=NN3C(C#N)(C#N)[C@@H](N(C)C)[C@@H](C)[C@@]3(c3ccc(C)cc3)[C@H]3[C@@H]2C3(C)C)cc1. The Morgan fingerprint density at radius 2 is 1.44 bits per heavy atom. The van der Waals surface area contributed by atoms with Crippen molar-refractivity contribution in [2.75, 3.05) is 14.1 Å². The summed E-state index contributed by atoms with van der Waals surface area (Å²) in [5, 5.41) is 28.4. The summed E-state index contributed by atoms with van der Waals surface area (Å²) >= 11 is 0. The van der Waals surface area contributed by atoms with Crippen LogP contribution in [0.2, 0.25) is 0 Å². The third-order valence-corrected chi connectivity index (χ3v) is 8.84. The van der Waals surface area contributed by atoms with E-state index in [0.29, 0.717) is 0 Å². The predicted octanol–water partition coefficient (Wildman–Crippen LogP) is 4.86. The van der Waals surface area contributed by atoms with E-state index in [1.807, 2.05) is 19.1 Å². The Kier molecular flexibility index (Phi) is 4.78. The number of benzene rings is 2. The molecule has 0 unspecified atom stereocenters. The fourth-order valence-corrected chi connectivity index (χ4v) is 7.35. The van der Waals surface area contributed by atoms with Gasteiger partial charge in [-0.1, -0.05) is 80.4 Å². The number of rotatable bonds is 3. The van der Waals surface area contributed by atoms with Crippen molar-refractivity contribution in [2.45, 2.75) is 51.7 Å². The molecular weight excluding hydrogens is 418 g/mol. The van der Waals surface area contributed by atoms with Gasteiger partial charge in [-0.05, 0) is 44.5 Å². The molecular formula is C29H33N5. The summed E-state index contributed by atoms with van der Waals surface area (Å²) in [5.41, 5.74) is 3.66. The Hall–Kier alpha value is -3.15. The number of nitrogens with zero attached hydrogens (tertiary/aromatic N) is 5. The molecule has 3 aliphatic rings. The van der Waals surface area contributed by atoms with Gasteiger partial charge < -0.3 is 4.90 Å². The molecule has 1 aliphatic carbocycles. The number of hydrogen-bond donors (Lipinski definition) is 0. The van der Waals surface area contributed by atoms with Gasteiger partial charge in [0.05, 0.1) is 17.3 Å². The molecule has 5 heteroatoms. The minimum Gasteiger partial charge on any atom is -0.302 e. The quantitative estimate of drug-likeness (QED) is 0.669. The van der Waals surface area contributed by atoms with Crippen molar-refractivity contribution in [2.24, 2.45) is 28.3 Å². The van der Waals surface area contributed by atoms with Crippen molar-refractivity contribution in [1.82, 2.24) is 9.91 Å². The zero-order chi connectivity index (χ0) is 24.6. The molecule has 0 N–H and O–H groups in total. The summed E-state index contributed by atoms with van der Waals surface area (Å²) in [7, 11) is 3.96. The molecule has 2 heterocycles. The molecule has 2 fully saturated rings. The summed E-state index contributed by atoms with van der Waals surface area (Å²) in [6, 6.07) is 21.8. The van der Waals surface area contributed by atoms with Gasteiger partial charge in [0.15, 0.2) is 0 Å². The molecule has 5 nitrogen and oxygen atoms in total. The van der Waals surface area contributed by atoms with Gasteiger partial charge in [-0.2, -0.15) is 15.6 Å². The Labute approximate surface area is 203 Å². The van der Waals surface area contributed by atoms with Crippen LogP contribution < -0.4 is 0 Å². The number of likely N-dealkylation sites (N-methyl/N-ethyl adjacent to an activating group) is 1. The third kappa shape index (κ3) is 2.60. The summed E-state index contributed by atoms with van der Waals surface area (Å²) in [6.07, 6.45) is 0. The fraction of sp³-hybridized carbons (Fsp3) is 0.483. The first-order valence-corrected chi connectivity index (χ1v) is 12.1. The van der Waals surface area contributed by atoms with Crippen molar-refractivity contribution in [1.29, 1.82) is 10.5 Å². The average Bonchev–Trinajstić information content (AvgIpc) is 3.30. The maximum atomic E-state index is 10.6. The largest absolute Gasteiger partial charge is 0.302 e. The van der Waals surface area contributed by atoms with Gasteiger partial charge in [-0.15, -0.1) is 0 Å². The summed E-state index contributed by atoms with van der Waals surface area (Å²) < 4.78 is 0. The molecule has 174 valence electrons. The lowest BCUT2D eigenvalue weighted by molar-refractivity contribution is 0.0309. The van der Waals surface area contributed by atoms with Crippen LogP contribution in [0.1, 0.15) is 43.0 Å². The average molecular weight is 452 g/mol.